The van der Waals surface area contributed by atoms with E-state index in [-0.39, 0.29) is 12.5 Å². The van der Waals surface area contributed by atoms with Crippen LogP contribution in [0, 0.1) is 0 Å². The van der Waals surface area contributed by atoms with E-state index in [4.69, 9.17) is 9.47 Å². The highest BCUT2D eigenvalue weighted by Gasteiger charge is 2.12. The summed E-state index contributed by atoms with van der Waals surface area (Å²) in [5.74, 6) is 1.05. The van der Waals surface area contributed by atoms with Gasteiger partial charge in [-0.05, 0) is 12.1 Å². The third-order valence-electron chi connectivity index (χ3n) is 2.82. The van der Waals surface area contributed by atoms with Gasteiger partial charge in [-0.3, -0.25) is 9.89 Å². The number of methoxy groups -OCH3 is 1. The summed E-state index contributed by atoms with van der Waals surface area (Å²) in [7, 11) is 3.29. The zero-order valence-corrected chi connectivity index (χ0v) is 11.5. The summed E-state index contributed by atoms with van der Waals surface area (Å²) in [5, 5.41) is 6.55. The Hall–Kier alpha value is -2.50. The van der Waals surface area contributed by atoms with Gasteiger partial charge in [-0.2, -0.15) is 5.10 Å². The van der Waals surface area contributed by atoms with Crippen LogP contribution in [0.1, 0.15) is 5.56 Å². The highest BCUT2D eigenvalue weighted by atomic mass is 16.5. The largest absolute Gasteiger partial charge is 0.493 e. The first-order chi connectivity index (χ1) is 9.70. The summed E-state index contributed by atoms with van der Waals surface area (Å²) >= 11 is 0. The van der Waals surface area contributed by atoms with Crippen LogP contribution in [-0.2, 0) is 11.3 Å². The van der Waals surface area contributed by atoms with Crippen molar-refractivity contribution in [2.45, 2.75) is 6.54 Å². The van der Waals surface area contributed by atoms with Crippen molar-refractivity contribution in [3.63, 3.8) is 0 Å². The molecule has 106 valence electrons. The minimum Gasteiger partial charge on any atom is -0.493 e. The predicted molar refractivity (Wildman–Crippen MR) is 73.6 cm³/mol. The number of rotatable bonds is 6. The topological polar surface area (TPSA) is 67.5 Å². The number of para-hydroxylation sites is 2. The SMILES string of the molecule is COc1ccccc1OCC(=O)N(C)Cc1cn[nH]c1. The molecule has 0 aliphatic carbocycles. The molecule has 0 saturated heterocycles. The van der Waals surface area contributed by atoms with Crippen LogP contribution in [0.4, 0.5) is 0 Å². The van der Waals surface area contributed by atoms with Gasteiger partial charge in [0.2, 0.25) is 0 Å². The van der Waals surface area contributed by atoms with E-state index in [0.717, 1.165) is 5.56 Å². The molecule has 0 aliphatic rings. The molecule has 0 saturated carbocycles. The average molecular weight is 275 g/mol. The Bertz CT molecular complexity index is 555. The molecule has 6 nitrogen and oxygen atoms in total. The number of ether oxygens (including phenoxy) is 2. The van der Waals surface area contributed by atoms with Crippen LogP contribution < -0.4 is 9.47 Å². The normalized spacial score (nSPS) is 10.1. The molecule has 0 bridgehead atoms. The number of nitrogens with one attached hydrogen (secondary N) is 1. The molecule has 6 heteroatoms. The quantitative estimate of drug-likeness (QED) is 0.866. The van der Waals surface area contributed by atoms with Crippen molar-refractivity contribution in [2.24, 2.45) is 0 Å². The van der Waals surface area contributed by atoms with E-state index < -0.39 is 0 Å². The molecule has 0 radical (unpaired) electrons. The smallest absolute Gasteiger partial charge is 0.260 e. The number of nitrogens with zero attached hydrogens (tertiary/aromatic N) is 2. The molecule has 0 unspecified atom stereocenters. The number of likely N-dealkylation sites (N-methyl/N-ethyl adjacent to an activating group) is 1. The van der Waals surface area contributed by atoms with Crippen LogP contribution in [0.15, 0.2) is 36.7 Å². The molecule has 1 amide bonds. The second kappa shape index (κ2) is 6.60. The lowest BCUT2D eigenvalue weighted by molar-refractivity contribution is -0.132. The van der Waals surface area contributed by atoms with Crippen LogP contribution >= 0.6 is 0 Å². The van der Waals surface area contributed by atoms with Gasteiger partial charge in [0.15, 0.2) is 18.1 Å². The Morgan fingerprint density at radius 2 is 2.10 bits per heavy atom. The molecule has 1 aromatic carbocycles. The zero-order valence-electron chi connectivity index (χ0n) is 11.5. The third kappa shape index (κ3) is 3.50. The minimum absolute atomic E-state index is 0.0330. The maximum atomic E-state index is 12.0. The number of aromatic nitrogens is 2. The predicted octanol–water partition coefficient (Wildman–Crippen LogP) is 1.46. The van der Waals surface area contributed by atoms with Crippen molar-refractivity contribution in [2.75, 3.05) is 20.8 Å². The first-order valence-corrected chi connectivity index (χ1v) is 6.18. The van der Waals surface area contributed by atoms with E-state index in [0.29, 0.717) is 18.0 Å². The first kappa shape index (κ1) is 13.9. The average Bonchev–Trinajstić information content (AvgIpc) is 2.97. The van der Waals surface area contributed by atoms with Crippen molar-refractivity contribution in [3.8, 4) is 11.5 Å². The highest BCUT2D eigenvalue weighted by Crippen LogP contribution is 2.25. The van der Waals surface area contributed by atoms with Crippen LogP contribution in [0.5, 0.6) is 11.5 Å². The molecule has 20 heavy (non-hydrogen) atoms. The summed E-state index contributed by atoms with van der Waals surface area (Å²) in [6.07, 6.45) is 3.44. The molecule has 1 N–H and O–H groups in total. The lowest BCUT2D eigenvalue weighted by atomic mass is 10.3. The summed E-state index contributed by atoms with van der Waals surface area (Å²) in [6.45, 7) is 0.458. The fraction of sp³-hybridized carbons (Fsp3) is 0.286. The molecular formula is C14H17N3O3. The van der Waals surface area contributed by atoms with Crippen LogP contribution in [0.25, 0.3) is 0 Å². The van der Waals surface area contributed by atoms with Crippen molar-refractivity contribution < 1.29 is 14.3 Å². The van der Waals surface area contributed by atoms with Gasteiger partial charge in [-0.1, -0.05) is 12.1 Å². The fourth-order valence-electron chi connectivity index (χ4n) is 1.71. The molecule has 0 aliphatic heterocycles. The lowest BCUT2D eigenvalue weighted by Gasteiger charge is -2.17. The minimum atomic E-state index is -0.114. The standard InChI is InChI=1S/C14H17N3O3/c1-17(9-11-7-15-16-8-11)14(18)10-20-13-6-4-3-5-12(13)19-2/h3-8H,9-10H2,1-2H3,(H,15,16). The number of H-pyrrole nitrogens is 1. The maximum Gasteiger partial charge on any atom is 0.260 e. The zero-order chi connectivity index (χ0) is 14.4. The van der Waals surface area contributed by atoms with Gasteiger partial charge in [0, 0.05) is 25.4 Å². The molecule has 1 aromatic heterocycles. The summed E-state index contributed by atoms with van der Waals surface area (Å²) in [5.41, 5.74) is 0.943. The number of aromatic amines is 1. The molecule has 0 fully saturated rings. The Morgan fingerprint density at radius 1 is 1.35 bits per heavy atom. The molecule has 0 spiro atoms. The number of hydrogen-bond donors (Lipinski definition) is 1. The van der Waals surface area contributed by atoms with Gasteiger partial charge in [-0.15, -0.1) is 0 Å². The van der Waals surface area contributed by atoms with E-state index in [1.807, 2.05) is 12.1 Å². The Morgan fingerprint density at radius 3 is 2.75 bits per heavy atom. The Balaban J connectivity index is 1.88. The molecular weight excluding hydrogens is 258 g/mol. The van der Waals surface area contributed by atoms with Crippen molar-refractivity contribution in [3.05, 3.63) is 42.2 Å². The number of amides is 1. The number of hydrogen-bond acceptors (Lipinski definition) is 4. The van der Waals surface area contributed by atoms with Gasteiger partial charge in [0.05, 0.1) is 13.3 Å². The van der Waals surface area contributed by atoms with Gasteiger partial charge in [0.25, 0.3) is 5.91 Å². The first-order valence-electron chi connectivity index (χ1n) is 6.18. The van der Waals surface area contributed by atoms with Gasteiger partial charge < -0.3 is 14.4 Å². The van der Waals surface area contributed by atoms with Crippen LogP contribution in [-0.4, -0.2) is 41.8 Å². The lowest BCUT2D eigenvalue weighted by Crippen LogP contribution is -2.30. The number of carbonyl (C=O) groups excluding carboxylic acids is 1. The molecule has 2 rings (SSSR count). The highest BCUT2D eigenvalue weighted by molar-refractivity contribution is 5.77. The van der Waals surface area contributed by atoms with Gasteiger partial charge in [-0.25, -0.2) is 0 Å². The van der Waals surface area contributed by atoms with Crippen LogP contribution in [0.3, 0.4) is 0 Å². The monoisotopic (exact) mass is 275 g/mol. The van der Waals surface area contributed by atoms with E-state index in [1.165, 1.54) is 0 Å². The Labute approximate surface area is 117 Å². The number of benzene rings is 1. The van der Waals surface area contributed by atoms with Crippen molar-refractivity contribution >= 4 is 5.91 Å². The van der Waals surface area contributed by atoms with Gasteiger partial charge >= 0.3 is 0 Å². The summed E-state index contributed by atoms with van der Waals surface area (Å²) in [6, 6.07) is 7.23. The van der Waals surface area contributed by atoms with E-state index >= 15 is 0 Å². The van der Waals surface area contributed by atoms with E-state index in [2.05, 4.69) is 10.2 Å². The van der Waals surface area contributed by atoms with E-state index in [1.54, 1.807) is 43.6 Å². The fourth-order valence-corrected chi connectivity index (χ4v) is 1.71. The second-order valence-electron chi connectivity index (χ2n) is 4.30. The van der Waals surface area contributed by atoms with Gasteiger partial charge in [0.1, 0.15) is 0 Å². The second-order valence-corrected chi connectivity index (χ2v) is 4.30. The Kier molecular flexibility index (Phi) is 4.60. The number of carbonyl (C=O) groups is 1. The molecule has 2 aromatic rings. The van der Waals surface area contributed by atoms with E-state index in [9.17, 15) is 4.79 Å². The third-order valence-corrected chi connectivity index (χ3v) is 2.82. The van der Waals surface area contributed by atoms with Crippen molar-refractivity contribution in [1.29, 1.82) is 0 Å². The van der Waals surface area contributed by atoms with Crippen LogP contribution in [0.2, 0.25) is 0 Å². The van der Waals surface area contributed by atoms with Crippen molar-refractivity contribution in [1.82, 2.24) is 15.1 Å². The molecule has 1 heterocycles. The molecule has 0 atom stereocenters. The summed E-state index contributed by atoms with van der Waals surface area (Å²) in [4.78, 5) is 13.6. The maximum absolute atomic E-state index is 12.0. The summed E-state index contributed by atoms with van der Waals surface area (Å²) < 4.78 is 10.7.